The van der Waals surface area contributed by atoms with E-state index < -0.39 is 11.9 Å². The average molecular weight is 685 g/mol. The zero-order valence-corrected chi connectivity index (χ0v) is 29.4. The normalized spacial score (nSPS) is 10.1. The fourth-order valence-corrected chi connectivity index (χ4v) is 5.56. The molecule has 5 heteroatoms. The zero-order valence-electron chi connectivity index (χ0n) is 29.4. The molecule has 52 heavy (non-hydrogen) atoms. The molecule has 258 valence electrons. The van der Waals surface area contributed by atoms with Gasteiger partial charge in [0.1, 0.15) is 5.75 Å². The Balaban J connectivity index is 1.29. The number of carbonyl (C=O) groups excluding carboxylic acids is 2. The van der Waals surface area contributed by atoms with Crippen molar-refractivity contribution in [3.63, 3.8) is 0 Å². The lowest BCUT2D eigenvalue weighted by Gasteiger charge is -2.11. The van der Waals surface area contributed by atoms with Crippen LogP contribution >= 0.6 is 0 Å². The van der Waals surface area contributed by atoms with Crippen LogP contribution in [0.1, 0.15) is 66.0 Å². The molecule has 0 bridgehead atoms. The topological polar surface area (TPSA) is 61.8 Å². The summed E-state index contributed by atoms with van der Waals surface area (Å²) in [7, 11) is 0. The highest BCUT2D eigenvalue weighted by Crippen LogP contribution is 2.29. The third-order valence-corrected chi connectivity index (χ3v) is 8.26. The number of carbonyl (C=O) groups is 2. The van der Waals surface area contributed by atoms with Crippen molar-refractivity contribution in [2.45, 2.75) is 39.0 Å². The van der Waals surface area contributed by atoms with E-state index in [4.69, 9.17) is 14.2 Å². The summed E-state index contributed by atoms with van der Waals surface area (Å²) < 4.78 is 16.1. The molecule has 0 radical (unpaired) electrons. The average Bonchev–Trinajstić information content (AvgIpc) is 3.19. The number of ether oxygens (including phenoxy) is 3. The Hall–Kier alpha value is -6.48. The first-order chi connectivity index (χ1) is 25.5. The number of unbranched alkanes of at least 4 members (excludes halogenated alkanes) is 2. The number of benzene rings is 5. The van der Waals surface area contributed by atoms with E-state index in [0.717, 1.165) is 92.4 Å². The Morgan fingerprint density at radius 1 is 0.596 bits per heavy atom. The van der Waals surface area contributed by atoms with Crippen molar-refractivity contribution >= 4 is 33.5 Å². The first-order valence-electron chi connectivity index (χ1n) is 17.4. The van der Waals surface area contributed by atoms with Crippen LogP contribution in [0.4, 0.5) is 0 Å². The van der Waals surface area contributed by atoms with Crippen molar-refractivity contribution in [2.24, 2.45) is 0 Å². The Bertz CT molecular complexity index is 2300. The maximum absolute atomic E-state index is 11.3. The Kier molecular flexibility index (Phi) is 13.5. The van der Waals surface area contributed by atoms with Gasteiger partial charge in [-0.25, -0.2) is 9.59 Å². The van der Waals surface area contributed by atoms with Gasteiger partial charge in [-0.1, -0.05) is 104 Å². The van der Waals surface area contributed by atoms with Crippen LogP contribution in [0.15, 0.2) is 116 Å². The highest BCUT2D eigenvalue weighted by Gasteiger charge is 2.07. The van der Waals surface area contributed by atoms with Gasteiger partial charge in [-0.3, -0.25) is 0 Å². The fourth-order valence-electron chi connectivity index (χ4n) is 5.56. The van der Waals surface area contributed by atoms with E-state index in [-0.39, 0.29) is 6.61 Å². The predicted octanol–water partition coefficient (Wildman–Crippen LogP) is 9.10. The van der Waals surface area contributed by atoms with Gasteiger partial charge in [0, 0.05) is 63.6 Å². The molecule has 0 N–H and O–H groups in total. The lowest BCUT2D eigenvalue weighted by atomic mass is 9.98. The number of esters is 2. The molecule has 0 spiro atoms. The van der Waals surface area contributed by atoms with Gasteiger partial charge in [-0.2, -0.15) is 0 Å². The van der Waals surface area contributed by atoms with E-state index in [1.54, 1.807) is 0 Å². The van der Waals surface area contributed by atoms with Crippen molar-refractivity contribution in [3.05, 3.63) is 150 Å². The summed E-state index contributed by atoms with van der Waals surface area (Å²) in [5.41, 5.74) is 5.87. The molecule has 0 aliphatic carbocycles. The molecule has 5 nitrogen and oxygen atoms in total. The number of hydrogen-bond donors (Lipinski definition) is 0. The molecule has 0 aliphatic rings. The van der Waals surface area contributed by atoms with Crippen LogP contribution < -0.4 is 4.74 Å². The van der Waals surface area contributed by atoms with Crippen LogP contribution in [-0.2, 0) is 25.5 Å². The van der Waals surface area contributed by atoms with Crippen LogP contribution in [0.5, 0.6) is 5.75 Å². The quantitative estimate of drug-likeness (QED) is 0.0568. The van der Waals surface area contributed by atoms with E-state index in [9.17, 15) is 9.59 Å². The summed E-state index contributed by atoms with van der Waals surface area (Å²) in [5.74, 6) is 20.1. The number of rotatable bonds is 12. The largest absolute Gasteiger partial charge is 0.493 e. The van der Waals surface area contributed by atoms with Gasteiger partial charge in [0.05, 0.1) is 19.8 Å². The molecular formula is C47H40O5. The molecule has 0 heterocycles. The zero-order chi connectivity index (χ0) is 36.5. The smallest absolute Gasteiger partial charge is 0.330 e. The lowest BCUT2D eigenvalue weighted by molar-refractivity contribution is -0.138. The molecule has 0 fully saturated rings. The maximum Gasteiger partial charge on any atom is 0.330 e. The van der Waals surface area contributed by atoms with Crippen LogP contribution in [0, 0.1) is 35.5 Å². The number of fused-ring (bicyclic) bond motifs is 2. The molecule has 0 unspecified atom stereocenters. The van der Waals surface area contributed by atoms with Gasteiger partial charge in [0.2, 0.25) is 0 Å². The van der Waals surface area contributed by atoms with Gasteiger partial charge < -0.3 is 14.2 Å². The number of hydrogen-bond acceptors (Lipinski definition) is 5. The molecule has 0 saturated carbocycles. The third kappa shape index (κ3) is 10.0. The van der Waals surface area contributed by atoms with Crippen molar-refractivity contribution in [2.75, 3.05) is 19.8 Å². The standard InChI is InChI=1S/C47H40O5/c1-4-36-34-35(22-24-39-28-27-38(41-17-10-11-18-42(39)41)16-9-7-8-14-31-51-46(48)5-2)21-23-37(36)25-26-40-29-30-45(44-20-13-12-19-43(40)44)50-32-15-33-52-47(49)6-3/h5-6,10-13,17-21,23,27-30,34H,2-4,7-8,14-15,31-33H2,1H3. The van der Waals surface area contributed by atoms with Crippen LogP contribution in [0.3, 0.4) is 0 Å². The lowest BCUT2D eigenvalue weighted by Crippen LogP contribution is -2.06. The summed E-state index contributed by atoms with van der Waals surface area (Å²) in [6.07, 6.45) is 6.07. The third-order valence-electron chi connectivity index (χ3n) is 8.26. The molecule has 5 rings (SSSR count). The van der Waals surface area contributed by atoms with Crippen LogP contribution in [0.2, 0.25) is 0 Å². The molecular weight excluding hydrogens is 645 g/mol. The summed E-state index contributed by atoms with van der Waals surface area (Å²) in [6, 6.07) is 30.5. The minimum Gasteiger partial charge on any atom is -0.493 e. The van der Waals surface area contributed by atoms with E-state index >= 15 is 0 Å². The van der Waals surface area contributed by atoms with Gasteiger partial charge in [0.15, 0.2) is 0 Å². The summed E-state index contributed by atoms with van der Waals surface area (Å²) in [4.78, 5) is 22.4. The summed E-state index contributed by atoms with van der Waals surface area (Å²) in [5, 5.41) is 4.13. The number of aryl methyl sites for hydroxylation is 1. The monoisotopic (exact) mass is 684 g/mol. The van der Waals surface area contributed by atoms with Crippen molar-refractivity contribution < 1.29 is 23.8 Å². The van der Waals surface area contributed by atoms with Gasteiger partial charge in [0.25, 0.3) is 0 Å². The summed E-state index contributed by atoms with van der Waals surface area (Å²) >= 11 is 0. The Morgan fingerprint density at radius 3 is 1.79 bits per heavy atom. The highest BCUT2D eigenvalue weighted by molar-refractivity contribution is 5.94. The van der Waals surface area contributed by atoms with Gasteiger partial charge in [-0.05, 0) is 78.1 Å². The fraction of sp³-hybridized carbons (Fsp3) is 0.191. The van der Waals surface area contributed by atoms with Gasteiger partial charge in [-0.15, -0.1) is 0 Å². The molecule has 0 amide bonds. The van der Waals surface area contributed by atoms with Crippen molar-refractivity contribution in [1.82, 2.24) is 0 Å². The molecule has 0 aliphatic heterocycles. The van der Waals surface area contributed by atoms with E-state index in [0.29, 0.717) is 19.6 Å². The Labute approximate surface area is 306 Å². The Morgan fingerprint density at radius 2 is 1.13 bits per heavy atom. The van der Waals surface area contributed by atoms with E-state index in [2.05, 4.69) is 85.9 Å². The SMILES string of the molecule is C=CC(=O)OCCCCC#Cc1ccc(C#Cc2ccc(C#Cc3ccc(OCCCOC(=O)C=C)c4ccccc34)c(CC)c2)c2ccccc12. The second-order valence-corrected chi connectivity index (χ2v) is 11.8. The van der Waals surface area contributed by atoms with Crippen LogP contribution in [-0.4, -0.2) is 31.8 Å². The van der Waals surface area contributed by atoms with Crippen LogP contribution in [0.25, 0.3) is 21.5 Å². The van der Waals surface area contributed by atoms with E-state index in [1.807, 2.05) is 60.7 Å². The summed E-state index contributed by atoms with van der Waals surface area (Å²) in [6.45, 7) is 10.0. The molecule has 5 aromatic carbocycles. The second-order valence-electron chi connectivity index (χ2n) is 11.8. The first kappa shape index (κ1) is 36.8. The second kappa shape index (κ2) is 19.1. The molecule has 0 atom stereocenters. The van der Waals surface area contributed by atoms with Crippen molar-refractivity contribution in [3.8, 4) is 41.3 Å². The minimum absolute atomic E-state index is 0.276. The van der Waals surface area contributed by atoms with E-state index in [1.165, 1.54) is 6.08 Å². The van der Waals surface area contributed by atoms with Gasteiger partial charge >= 0.3 is 11.9 Å². The van der Waals surface area contributed by atoms with Crippen molar-refractivity contribution in [1.29, 1.82) is 0 Å². The minimum atomic E-state index is -0.434. The highest BCUT2D eigenvalue weighted by atomic mass is 16.5. The maximum atomic E-state index is 11.3. The molecule has 0 saturated heterocycles. The first-order valence-corrected chi connectivity index (χ1v) is 17.4. The molecule has 5 aromatic rings. The predicted molar refractivity (Wildman–Crippen MR) is 209 cm³/mol. The molecule has 0 aromatic heterocycles.